The largest absolute Gasteiger partial charge is 0.494 e. The van der Waals surface area contributed by atoms with Crippen LogP contribution in [0, 0.1) is 10.1 Å². The molecular formula is C45H56N18O5. The number of nitrogens with zero attached hydrogens (tertiary/aromatic N) is 15. The van der Waals surface area contributed by atoms with Gasteiger partial charge in [0.05, 0.1) is 52.9 Å². The van der Waals surface area contributed by atoms with E-state index in [1.54, 1.807) is 47.1 Å². The Hall–Kier alpha value is -8.28. The Morgan fingerprint density at radius 3 is 1.54 bits per heavy atom. The van der Waals surface area contributed by atoms with E-state index in [0.717, 1.165) is 54.5 Å². The van der Waals surface area contributed by atoms with Crippen LogP contribution in [0.15, 0.2) is 97.3 Å². The maximum atomic E-state index is 11.9. The molecule has 5 N–H and O–H groups in total. The molecule has 0 saturated carbocycles. The van der Waals surface area contributed by atoms with E-state index in [-0.39, 0.29) is 11.6 Å². The average molecular weight is 929 g/mol. The summed E-state index contributed by atoms with van der Waals surface area (Å²) in [5.41, 5.74) is 12.5. The molecule has 0 fully saturated rings. The number of para-hydroxylation sites is 2. The number of likely N-dealkylation sites (N-methyl/N-ethyl adjacent to an activating group) is 4. The van der Waals surface area contributed by atoms with Crippen molar-refractivity contribution in [1.29, 1.82) is 0 Å². The highest BCUT2D eigenvalue weighted by molar-refractivity contribution is 5.80. The van der Waals surface area contributed by atoms with Crippen molar-refractivity contribution in [2.75, 3.05) is 116 Å². The number of anilines is 7. The van der Waals surface area contributed by atoms with Crippen molar-refractivity contribution in [3.05, 3.63) is 107 Å². The van der Waals surface area contributed by atoms with Crippen LogP contribution < -0.4 is 35.6 Å². The van der Waals surface area contributed by atoms with Gasteiger partial charge in [-0.3, -0.25) is 10.1 Å². The number of nitro groups is 1. The highest BCUT2D eigenvalue weighted by Gasteiger charge is 2.23. The molecule has 0 aliphatic rings. The Kier molecular flexibility index (Phi) is 16.5. The Morgan fingerprint density at radius 2 is 1.09 bits per heavy atom. The van der Waals surface area contributed by atoms with E-state index in [2.05, 4.69) is 61.0 Å². The monoisotopic (exact) mass is 928 g/mol. The van der Waals surface area contributed by atoms with Crippen molar-refractivity contribution in [2.24, 2.45) is 0 Å². The van der Waals surface area contributed by atoms with Crippen LogP contribution in [0.5, 0.6) is 11.5 Å². The van der Waals surface area contributed by atoms with Crippen LogP contribution in [0.4, 0.5) is 46.0 Å². The lowest BCUT2D eigenvalue weighted by Crippen LogP contribution is -2.29. The molecule has 4 aromatic carbocycles. The highest BCUT2D eigenvalue weighted by Crippen LogP contribution is 2.39. The van der Waals surface area contributed by atoms with Crippen LogP contribution in [-0.4, -0.2) is 160 Å². The van der Waals surface area contributed by atoms with Gasteiger partial charge in [-0.25, -0.2) is 9.97 Å². The van der Waals surface area contributed by atoms with Crippen molar-refractivity contribution < 1.29 is 19.5 Å². The molecule has 0 unspecified atom stereocenters. The van der Waals surface area contributed by atoms with Gasteiger partial charge < -0.3 is 50.5 Å². The maximum absolute atomic E-state index is 11.9. The number of nitrogens with two attached hydrogens (primary N) is 1. The second kappa shape index (κ2) is 22.8. The number of nitro benzene ring substituents is 1. The number of hydrogen-bond donors (Lipinski definition) is 4. The van der Waals surface area contributed by atoms with Gasteiger partial charge in [-0.1, -0.05) is 34.7 Å². The van der Waals surface area contributed by atoms with Crippen LogP contribution in [0.25, 0.3) is 33.7 Å². The summed E-state index contributed by atoms with van der Waals surface area (Å²) in [6.45, 7) is 3.11. The van der Waals surface area contributed by atoms with Crippen molar-refractivity contribution in [3.8, 4) is 23.1 Å². The smallest absolute Gasteiger partial charge is 0.294 e. The summed E-state index contributed by atoms with van der Waals surface area (Å²) in [5.74, 6) is 2.80. The summed E-state index contributed by atoms with van der Waals surface area (Å²) < 4.78 is 14.4. The van der Waals surface area contributed by atoms with Crippen molar-refractivity contribution >= 4 is 68.1 Å². The Bertz CT molecular complexity index is 2940. The molecule has 23 nitrogen and oxygen atoms in total. The second-order valence-electron chi connectivity index (χ2n) is 15.6. The first kappa shape index (κ1) is 49.2. The van der Waals surface area contributed by atoms with Crippen molar-refractivity contribution in [2.45, 2.75) is 0 Å². The van der Waals surface area contributed by atoms with E-state index in [1.165, 1.54) is 13.2 Å². The molecule has 4 aromatic heterocycles. The number of aromatic nitrogens is 10. The molecule has 0 spiro atoms. The lowest BCUT2D eigenvalue weighted by atomic mass is 10.2. The SMILES string of the molecule is CO.COc1cc(N(C)CCN(C)C)c(N)cc1Nc1nccc(-n2nnc3ccccc32)n1.COc1cc(N(C)CCN(C)C)c([N+](=O)[O-])cc1Nc1nccc(-n2nnc3ccccc32)n1. The zero-order valence-electron chi connectivity index (χ0n) is 39.4. The highest BCUT2D eigenvalue weighted by atomic mass is 16.6. The van der Waals surface area contributed by atoms with E-state index >= 15 is 0 Å². The minimum atomic E-state index is -0.412. The number of aliphatic hydroxyl groups excluding tert-OH is 1. The number of hydrogen-bond acceptors (Lipinski definition) is 20. The number of nitrogens with one attached hydrogen (secondary N) is 2. The molecule has 0 aliphatic carbocycles. The lowest BCUT2D eigenvalue weighted by Gasteiger charge is -2.24. The van der Waals surface area contributed by atoms with E-state index in [9.17, 15) is 10.1 Å². The molecule has 0 amide bonds. The molecule has 8 rings (SSSR count). The molecular weight excluding hydrogens is 873 g/mol. The van der Waals surface area contributed by atoms with Gasteiger partial charge in [0.15, 0.2) is 11.6 Å². The molecule has 23 heteroatoms. The summed E-state index contributed by atoms with van der Waals surface area (Å²) in [4.78, 5) is 37.2. The number of ether oxygens (including phenoxy) is 2. The normalized spacial score (nSPS) is 10.9. The first-order valence-corrected chi connectivity index (χ1v) is 21.2. The topological polar surface area (TPSA) is 258 Å². The predicted octanol–water partition coefficient (Wildman–Crippen LogP) is 5.02. The predicted molar refractivity (Wildman–Crippen MR) is 264 cm³/mol. The molecule has 4 heterocycles. The van der Waals surface area contributed by atoms with Gasteiger partial charge in [-0.2, -0.15) is 19.3 Å². The molecule has 68 heavy (non-hydrogen) atoms. The molecule has 0 aliphatic heterocycles. The maximum Gasteiger partial charge on any atom is 0.294 e. The summed E-state index contributed by atoms with van der Waals surface area (Å²) in [6, 6.07) is 25.6. The first-order valence-electron chi connectivity index (χ1n) is 21.2. The van der Waals surface area contributed by atoms with Gasteiger partial charge in [0, 0.05) is 90.1 Å². The number of aliphatic hydroxyl groups is 1. The van der Waals surface area contributed by atoms with Crippen LogP contribution >= 0.6 is 0 Å². The Labute approximate surface area is 392 Å². The fraction of sp³-hybridized carbons (Fsp3) is 0.289. The second-order valence-corrected chi connectivity index (χ2v) is 15.6. The molecule has 356 valence electrons. The van der Waals surface area contributed by atoms with Crippen LogP contribution in [0.3, 0.4) is 0 Å². The van der Waals surface area contributed by atoms with Gasteiger partial charge in [0.2, 0.25) is 11.9 Å². The van der Waals surface area contributed by atoms with Crippen LogP contribution in [-0.2, 0) is 0 Å². The van der Waals surface area contributed by atoms with E-state index in [4.69, 9.17) is 20.3 Å². The third-order valence-electron chi connectivity index (χ3n) is 10.3. The zero-order chi connectivity index (χ0) is 48.9. The van der Waals surface area contributed by atoms with Crippen LogP contribution in [0.1, 0.15) is 0 Å². The minimum Gasteiger partial charge on any atom is -0.494 e. The number of fused-ring (bicyclic) bond motifs is 2. The Morgan fingerprint density at radius 1 is 0.647 bits per heavy atom. The quantitative estimate of drug-likeness (QED) is 0.0531. The van der Waals surface area contributed by atoms with Gasteiger partial charge in [-0.15, -0.1) is 10.2 Å². The molecule has 0 atom stereocenters. The van der Waals surface area contributed by atoms with E-state index < -0.39 is 4.92 Å². The summed E-state index contributed by atoms with van der Waals surface area (Å²) in [5, 5.41) is 41.8. The summed E-state index contributed by atoms with van der Waals surface area (Å²) in [6.07, 6.45) is 3.24. The van der Waals surface area contributed by atoms with Gasteiger partial charge in [-0.05, 0) is 58.5 Å². The molecule has 0 radical (unpaired) electrons. The van der Waals surface area contributed by atoms with Crippen molar-refractivity contribution in [1.82, 2.24) is 59.7 Å². The first-order chi connectivity index (χ1) is 32.8. The van der Waals surface area contributed by atoms with Crippen molar-refractivity contribution in [3.63, 3.8) is 0 Å². The zero-order valence-corrected chi connectivity index (χ0v) is 39.4. The number of rotatable bonds is 17. The third-order valence-corrected chi connectivity index (χ3v) is 10.3. The third kappa shape index (κ3) is 11.7. The Balaban J connectivity index is 0.000000216. The van der Waals surface area contributed by atoms with E-state index in [0.29, 0.717) is 58.4 Å². The van der Waals surface area contributed by atoms with Gasteiger partial charge in [0.1, 0.15) is 28.2 Å². The minimum absolute atomic E-state index is 0.0528. The fourth-order valence-corrected chi connectivity index (χ4v) is 6.77. The van der Waals surface area contributed by atoms with E-state index in [1.807, 2.05) is 113 Å². The fourth-order valence-electron chi connectivity index (χ4n) is 6.77. The number of methoxy groups -OCH3 is 2. The summed E-state index contributed by atoms with van der Waals surface area (Å²) >= 11 is 0. The van der Waals surface area contributed by atoms with Gasteiger partial charge >= 0.3 is 0 Å². The van der Waals surface area contributed by atoms with Crippen LogP contribution in [0.2, 0.25) is 0 Å². The molecule has 0 saturated heterocycles. The number of benzene rings is 4. The number of nitrogen functional groups attached to an aromatic ring is 1. The lowest BCUT2D eigenvalue weighted by molar-refractivity contribution is -0.384. The van der Waals surface area contributed by atoms with Gasteiger partial charge in [0.25, 0.3) is 5.69 Å². The standard InChI is InChI=1S/C22H25N9O3.C22H27N9O.CH4O/c1-28(2)11-12-29(3)18-14-20(34-4)16(13-19(18)31(32)33)24-22-23-10-9-21(25-22)30-17-8-6-5-7-15(17)26-27-30;1-29(2)11-12-30(3)19-14-20(32-4)17(13-15(19)23)25-22-24-10-9-21(26-22)31-18-8-6-5-7-16(18)27-28-31;1-2/h5-10,13-14H,11-12H2,1-4H3,(H,23,24,25);5-10,13-14H,11-12,23H2,1-4H3,(H,24,25,26);2H,1H3. The summed E-state index contributed by atoms with van der Waals surface area (Å²) in [7, 11) is 15.9. The average Bonchev–Trinajstić information content (AvgIpc) is 3.99. The molecule has 8 aromatic rings. The molecule has 0 bridgehead atoms.